The Balaban J connectivity index is 2.13. The summed E-state index contributed by atoms with van der Waals surface area (Å²) in [7, 11) is 0. The molecule has 4 nitrogen and oxygen atoms in total. The number of benzene rings is 1. The van der Waals surface area contributed by atoms with E-state index < -0.39 is 12.1 Å². The summed E-state index contributed by atoms with van der Waals surface area (Å²) in [6, 6.07) is 6.62. The summed E-state index contributed by atoms with van der Waals surface area (Å²) in [5, 5.41) is 11.7. The van der Waals surface area contributed by atoms with Crippen LogP contribution in [0.15, 0.2) is 35.7 Å². The SMILES string of the molecule is CC(C#Cc1sccc1Cc1ccc(F)cc1)N(O)C(N)=O. The lowest BCUT2D eigenvalue weighted by molar-refractivity contribution is -0.0536. The van der Waals surface area contributed by atoms with Gasteiger partial charge in [-0.25, -0.2) is 9.18 Å². The van der Waals surface area contributed by atoms with Crippen molar-refractivity contribution in [2.45, 2.75) is 19.4 Å². The zero-order chi connectivity index (χ0) is 16.1. The molecular formula is C16H15FN2O2S. The molecule has 6 heteroatoms. The van der Waals surface area contributed by atoms with Gasteiger partial charge in [0.15, 0.2) is 0 Å². The number of rotatable bonds is 3. The molecule has 114 valence electrons. The molecule has 1 heterocycles. The molecule has 1 unspecified atom stereocenters. The van der Waals surface area contributed by atoms with Crippen LogP contribution in [0.3, 0.4) is 0 Å². The van der Waals surface area contributed by atoms with E-state index in [0.29, 0.717) is 11.5 Å². The van der Waals surface area contributed by atoms with Gasteiger partial charge in [-0.15, -0.1) is 11.3 Å². The molecule has 0 bridgehead atoms. The van der Waals surface area contributed by atoms with E-state index in [2.05, 4.69) is 11.8 Å². The molecule has 3 N–H and O–H groups in total. The molecule has 0 radical (unpaired) electrons. The van der Waals surface area contributed by atoms with Crippen LogP contribution < -0.4 is 5.73 Å². The monoisotopic (exact) mass is 318 g/mol. The lowest BCUT2D eigenvalue weighted by atomic mass is 10.1. The molecule has 0 fully saturated rings. The van der Waals surface area contributed by atoms with Crippen LogP contribution in [0.2, 0.25) is 0 Å². The summed E-state index contributed by atoms with van der Waals surface area (Å²) in [6.45, 7) is 1.57. The number of amides is 2. The predicted molar refractivity (Wildman–Crippen MR) is 83.1 cm³/mol. The third-order valence-electron chi connectivity index (χ3n) is 3.04. The molecule has 2 amide bonds. The number of carbonyl (C=O) groups is 1. The Kier molecular flexibility index (Phi) is 5.15. The highest BCUT2D eigenvalue weighted by atomic mass is 32.1. The average molecular weight is 318 g/mol. The van der Waals surface area contributed by atoms with Crippen LogP contribution >= 0.6 is 11.3 Å². The average Bonchev–Trinajstić information content (AvgIpc) is 2.93. The number of carbonyl (C=O) groups excluding carboxylic acids is 1. The van der Waals surface area contributed by atoms with Crippen LogP contribution in [0.1, 0.15) is 22.9 Å². The topological polar surface area (TPSA) is 66.6 Å². The van der Waals surface area contributed by atoms with Crippen LogP contribution in [0.5, 0.6) is 0 Å². The van der Waals surface area contributed by atoms with Crippen molar-refractivity contribution in [2.24, 2.45) is 5.73 Å². The van der Waals surface area contributed by atoms with E-state index >= 15 is 0 Å². The van der Waals surface area contributed by atoms with Crippen LogP contribution in [0.4, 0.5) is 9.18 Å². The Morgan fingerprint density at radius 2 is 2.09 bits per heavy atom. The van der Waals surface area contributed by atoms with E-state index in [1.54, 1.807) is 19.1 Å². The van der Waals surface area contributed by atoms with Gasteiger partial charge in [-0.2, -0.15) is 5.06 Å². The van der Waals surface area contributed by atoms with Crippen molar-refractivity contribution in [2.75, 3.05) is 0 Å². The van der Waals surface area contributed by atoms with E-state index in [4.69, 9.17) is 5.73 Å². The minimum absolute atomic E-state index is 0.266. The van der Waals surface area contributed by atoms with Gasteiger partial charge in [0.1, 0.15) is 11.9 Å². The van der Waals surface area contributed by atoms with Crippen LogP contribution in [-0.2, 0) is 6.42 Å². The molecule has 1 atom stereocenters. The molecule has 0 saturated carbocycles. The highest BCUT2D eigenvalue weighted by Gasteiger charge is 2.12. The lowest BCUT2D eigenvalue weighted by Crippen LogP contribution is -2.38. The summed E-state index contributed by atoms with van der Waals surface area (Å²) in [5.74, 6) is 5.46. The molecule has 22 heavy (non-hydrogen) atoms. The normalized spacial score (nSPS) is 11.4. The Morgan fingerprint density at radius 1 is 1.41 bits per heavy atom. The number of hydrogen-bond donors (Lipinski definition) is 2. The second-order valence-corrected chi connectivity index (χ2v) is 5.62. The molecule has 2 aromatic rings. The predicted octanol–water partition coefficient (Wildman–Crippen LogP) is 2.99. The molecule has 0 saturated heterocycles. The molecule has 0 aliphatic rings. The second-order valence-electron chi connectivity index (χ2n) is 4.71. The summed E-state index contributed by atoms with van der Waals surface area (Å²) in [5.41, 5.74) is 6.97. The minimum Gasteiger partial charge on any atom is -0.350 e. The van der Waals surface area contributed by atoms with Crippen molar-refractivity contribution in [3.63, 3.8) is 0 Å². The van der Waals surface area contributed by atoms with Crippen molar-refractivity contribution in [3.05, 3.63) is 57.5 Å². The Hall–Kier alpha value is -2.36. The summed E-state index contributed by atoms with van der Waals surface area (Å²) >= 11 is 1.47. The van der Waals surface area contributed by atoms with E-state index in [9.17, 15) is 14.4 Å². The van der Waals surface area contributed by atoms with Crippen molar-refractivity contribution in [3.8, 4) is 11.8 Å². The molecule has 2 rings (SSSR count). The van der Waals surface area contributed by atoms with Crippen molar-refractivity contribution >= 4 is 17.4 Å². The fraction of sp³-hybridized carbons (Fsp3) is 0.188. The maximum Gasteiger partial charge on any atom is 0.339 e. The largest absolute Gasteiger partial charge is 0.350 e. The number of thiophene rings is 1. The number of nitrogens with two attached hydrogens (primary N) is 1. The number of primary amides is 1. The first-order valence-corrected chi connectivity index (χ1v) is 7.45. The van der Waals surface area contributed by atoms with E-state index in [0.717, 1.165) is 16.0 Å². The van der Waals surface area contributed by atoms with Gasteiger partial charge >= 0.3 is 6.03 Å². The maximum absolute atomic E-state index is 12.9. The minimum atomic E-state index is -0.945. The molecule has 0 aliphatic carbocycles. The summed E-state index contributed by atoms with van der Waals surface area (Å²) in [6.07, 6.45) is 0.640. The maximum atomic E-state index is 12.9. The van der Waals surface area contributed by atoms with E-state index in [1.807, 2.05) is 11.4 Å². The third kappa shape index (κ3) is 4.07. The zero-order valence-electron chi connectivity index (χ0n) is 11.9. The van der Waals surface area contributed by atoms with Gasteiger partial charge in [0.25, 0.3) is 0 Å². The van der Waals surface area contributed by atoms with Gasteiger partial charge in [0, 0.05) is 0 Å². The van der Waals surface area contributed by atoms with Gasteiger partial charge in [-0.3, -0.25) is 5.21 Å². The Labute approximate surface area is 131 Å². The Morgan fingerprint density at radius 3 is 2.73 bits per heavy atom. The molecule has 0 spiro atoms. The van der Waals surface area contributed by atoms with Gasteiger partial charge in [0.05, 0.1) is 4.88 Å². The molecule has 0 aliphatic heterocycles. The quantitative estimate of drug-likeness (QED) is 0.519. The van der Waals surface area contributed by atoms with Gasteiger partial charge in [-0.05, 0) is 48.1 Å². The number of hydroxylamine groups is 2. The zero-order valence-corrected chi connectivity index (χ0v) is 12.7. The number of urea groups is 1. The second kappa shape index (κ2) is 7.07. The highest BCUT2D eigenvalue weighted by molar-refractivity contribution is 7.10. The summed E-state index contributed by atoms with van der Waals surface area (Å²) in [4.78, 5) is 11.7. The van der Waals surface area contributed by atoms with Crippen LogP contribution in [0.25, 0.3) is 0 Å². The van der Waals surface area contributed by atoms with E-state index in [-0.39, 0.29) is 5.82 Å². The molecule has 1 aromatic carbocycles. The lowest BCUT2D eigenvalue weighted by Gasteiger charge is -2.14. The fourth-order valence-corrected chi connectivity index (χ4v) is 2.61. The van der Waals surface area contributed by atoms with Crippen molar-refractivity contribution < 1.29 is 14.4 Å². The summed E-state index contributed by atoms with van der Waals surface area (Å²) < 4.78 is 12.9. The van der Waals surface area contributed by atoms with Crippen LogP contribution in [-0.4, -0.2) is 22.3 Å². The number of hydrogen-bond acceptors (Lipinski definition) is 3. The third-order valence-corrected chi connectivity index (χ3v) is 3.91. The first-order chi connectivity index (χ1) is 10.5. The highest BCUT2D eigenvalue weighted by Crippen LogP contribution is 2.19. The van der Waals surface area contributed by atoms with Crippen molar-refractivity contribution in [1.29, 1.82) is 0 Å². The van der Waals surface area contributed by atoms with Gasteiger partial charge in [0.2, 0.25) is 0 Å². The van der Waals surface area contributed by atoms with Gasteiger partial charge in [-0.1, -0.05) is 24.0 Å². The fourth-order valence-electron chi connectivity index (χ4n) is 1.83. The standard InChI is InChI=1S/C16H15FN2O2S/c1-11(19(21)16(18)20)2-7-15-13(8-9-22-15)10-12-3-5-14(17)6-4-12/h3-6,8-9,11,21H,10H2,1H3,(H2,18,20). The first kappa shape index (κ1) is 16.0. The number of halogens is 1. The van der Waals surface area contributed by atoms with Gasteiger partial charge < -0.3 is 5.73 Å². The van der Waals surface area contributed by atoms with Crippen LogP contribution in [0, 0.1) is 17.7 Å². The molecular weight excluding hydrogens is 303 g/mol. The van der Waals surface area contributed by atoms with E-state index in [1.165, 1.54) is 23.5 Å². The Bertz CT molecular complexity index is 716. The molecule has 1 aromatic heterocycles. The van der Waals surface area contributed by atoms with Crippen molar-refractivity contribution in [1.82, 2.24) is 5.06 Å². The smallest absolute Gasteiger partial charge is 0.339 e. The number of nitrogens with zero attached hydrogens (tertiary/aromatic N) is 1. The first-order valence-electron chi connectivity index (χ1n) is 6.57.